The Balaban J connectivity index is 1.74. The van der Waals surface area contributed by atoms with Crippen molar-refractivity contribution in [2.75, 3.05) is 19.8 Å². The number of hydrogen-bond donors (Lipinski definition) is 5. The van der Waals surface area contributed by atoms with Crippen LogP contribution in [0.15, 0.2) is 6.20 Å². The Morgan fingerprint density at radius 2 is 2.06 bits per heavy atom. The second-order valence-corrected chi connectivity index (χ2v) is 10.7. The zero-order chi connectivity index (χ0) is 26.0. The number of ether oxygens (including phenoxy) is 1. The maximum Gasteiger partial charge on any atom is 0.362 e. The van der Waals surface area contributed by atoms with Gasteiger partial charge in [0, 0.05) is 25.3 Å². The van der Waals surface area contributed by atoms with Gasteiger partial charge in [-0.15, -0.1) is 5.10 Å². The van der Waals surface area contributed by atoms with Crippen molar-refractivity contribution in [1.82, 2.24) is 19.7 Å². The summed E-state index contributed by atoms with van der Waals surface area (Å²) in [7, 11) is -4.45. The standard InChI is InChI=1S/C21H39N5O8S/c1-14(2)10-17(22)21(30)24-35(31,32)34-13-18-20(29)19(28)15(12-33-18)6-5-8-26-11-16(23-25-26)7-3-4-9-27/h11,14-15,17-20,27-29H,3-10,12-13,22H2,1-2H3,(H,24,30)/t15-,17+,18-,19+,20-/m1/s1. The van der Waals surface area contributed by atoms with E-state index in [9.17, 15) is 23.4 Å². The van der Waals surface area contributed by atoms with E-state index in [1.165, 1.54) is 0 Å². The highest BCUT2D eigenvalue weighted by Gasteiger charge is 2.39. The lowest BCUT2D eigenvalue weighted by molar-refractivity contribution is -0.173. The van der Waals surface area contributed by atoms with E-state index in [1.54, 1.807) is 9.40 Å². The lowest BCUT2D eigenvalue weighted by Gasteiger charge is -2.37. The van der Waals surface area contributed by atoms with Crippen molar-refractivity contribution in [3.05, 3.63) is 11.9 Å². The Bertz CT molecular complexity index is 881. The first kappa shape index (κ1) is 29.5. The number of nitrogens with one attached hydrogen (secondary N) is 1. The van der Waals surface area contributed by atoms with Crippen LogP contribution in [0.4, 0.5) is 0 Å². The molecule has 0 radical (unpaired) electrons. The summed E-state index contributed by atoms with van der Waals surface area (Å²) in [6.07, 6.45) is 2.11. The number of amides is 1. The van der Waals surface area contributed by atoms with Crippen LogP contribution in [0.1, 0.15) is 51.6 Å². The average molecular weight is 522 g/mol. The number of nitrogens with two attached hydrogens (primary N) is 1. The number of rotatable bonds is 15. The Labute approximate surface area is 206 Å². The molecule has 13 nitrogen and oxygen atoms in total. The molecule has 0 aliphatic carbocycles. The Hall–Kier alpha value is -1.68. The van der Waals surface area contributed by atoms with Gasteiger partial charge in [0.05, 0.1) is 31.1 Å². The van der Waals surface area contributed by atoms with Crippen molar-refractivity contribution in [2.45, 2.75) is 83.3 Å². The topological polar surface area (TPSA) is 199 Å². The van der Waals surface area contributed by atoms with Crippen LogP contribution in [0.5, 0.6) is 0 Å². The number of aliphatic hydroxyl groups excluding tert-OH is 3. The Morgan fingerprint density at radius 1 is 1.31 bits per heavy atom. The van der Waals surface area contributed by atoms with Crippen molar-refractivity contribution in [3.63, 3.8) is 0 Å². The van der Waals surface area contributed by atoms with Crippen molar-refractivity contribution in [3.8, 4) is 0 Å². The smallest absolute Gasteiger partial charge is 0.362 e. The predicted octanol–water partition coefficient (Wildman–Crippen LogP) is -1.14. The van der Waals surface area contributed by atoms with Gasteiger partial charge in [-0.1, -0.05) is 19.1 Å². The van der Waals surface area contributed by atoms with E-state index in [-0.39, 0.29) is 25.0 Å². The fraction of sp³-hybridized carbons (Fsp3) is 0.857. The molecule has 202 valence electrons. The first-order valence-corrected chi connectivity index (χ1v) is 13.4. The van der Waals surface area contributed by atoms with Crippen LogP contribution in [-0.2, 0) is 37.0 Å². The molecule has 14 heteroatoms. The monoisotopic (exact) mass is 521 g/mol. The molecule has 0 aromatic carbocycles. The summed E-state index contributed by atoms with van der Waals surface area (Å²) in [5, 5.41) is 37.9. The van der Waals surface area contributed by atoms with E-state index in [4.69, 9.17) is 19.8 Å². The van der Waals surface area contributed by atoms with E-state index < -0.39 is 47.2 Å². The molecule has 2 rings (SSSR count). The molecule has 35 heavy (non-hydrogen) atoms. The molecule has 0 unspecified atom stereocenters. The van der Waals surface area contributed by atoms with Crippen LogP contribution in [0.25, 0.3) is 0 Å². The van der Waals surface area contributed by atoms with Gasteiger partial charge in [-0.25, -0.2) is 4.72 Å². The summed E-state index contributed by atoms with van der Waals surface area (Å²) >= 11 is 0. The zero-order valence-electron chi connectivity index (χ0n) is 20.3. The molecular formula is C21H39N5O8S. The van der Waals surface area contributed by atoms with Gasteiger partial charge >= 0.3 is 10.3 Å². The van der Waals surface area contributed by atoms with E-state index in [0.717, 1.165) is 18.5 Å². The molecule has 1 saturated heterocycles. The van der Waals surface area contributed by atoms with E-state index in [2.05, 4.69) is 10.3 Å². The van der Waals surface area contributed by atoms with Crippen molar-refractivity contribution in [2.24, 2.45) is 17.6 Å². The highest BCUT2D eigenvalue weighted by molar-refractivity contribution is 7.85. The van der Waals surface area contributed by atoms with Crippen LogP contribution in [0, 0.1) is 11.8 Å². The molecule has 1 aromatic heterocycles. The van der Waals surface area contributed by atoms with Gasteiger partial charge in [0.25, 0.3) is 5.91 Å². The molecule has 0 spiro atoms. The van der Waals surface area contributed by atoms with Gasteiger partial charge in [-0.05, 0) is 44.4 Å². The molecule has 1 amide bonds. The van der Waals surface area contributed by atoms with Gasteiger partial charge in [0.1, 0.15) is 12.2 Å². The first-order chi connectivity index (χ1) is 16.5. The minimum absolute atomic E-state index is 0.107. The SMILES string of the molecule is CC(C)C[C@H](N)C(=O)NS(=O)(=O)OC[C@H]1OC[C@@H](CCCn2cc(CCCCO)nn2)[C@H](O)[C@@H]1O. The predicted molar refractivity (Wildman–Crippen MR) is 125 cm³/mol. The maximum absolute atomic E-state index is 12.0. The number of unbranched alkanes of at least 4 members (excludes halogenated alkanes) is 1. The number of carbonyl (C=O) groups excluding carboxylic acids is 1. The molecule has 1 aliphatic rings. The summed E-state index contributed by atoms with van der Waals surface area (Å²) in [5.41, 5.74) is 6.53. The number of nitrogens with zero attached hydrogens (tertiary/aromatic N) is 3. The summed E-state index contributed by atoms with van der Waals surface area (Å²) in [4.78, 5) is 11.9. The molecule has 0 saturated carbocycles. The highest BCUT2D eigenvalue weighted by atomic mass is 32.2. The van der Waals surface area contributed by atoms with Gasteiger partial charge in [-0.3, -0.25) is 13.7 Å². The minimum atomic E-state index is -4.45. The van der Waals surface area contributed by atoms with E-state index in [1.807, 2.05) is 20.0 Å². The lowest BCUT2D eigenvalue weighted by atomic mass is 9.89. The van der Waals surface area contributed by atoms with Gasteiger partial charge in [0.2, 0.25) is 0 Å². The number of aryl methyl sites for hydroxylation is 2. The Kier molecular flexibility index (Phi) is 12.0. The summed E-state index contributed by atoms with van der Waals surface area (Å²) < 4.78 is 37.9. The van der Waals surface area contributed by atoms with E-state index in [0.29, 0.717) is 32.2 Å². The zero-order valence-corrected chi connectivity index (χ0v) is 21.1. The van der Waals surface area contributed by atoms with Crippen LogP contribution >= 0.6 is 0 Å². The van der Waals surface area contributed by atoms with Crippen LogP contribution in [0.3, 0.4) is 0 Å². The quantitative estimate of drug-likeness (QED) is 0.175. The number of carbonyl (C=O) groups is 1. The fourth-order valence-corrected chi connectivity index (χ4v) is 4.61. The average Bonchev–Trinajstić information content (AvgIpc) is 3.23. The second kappa shape index (κ2) is 14.2. The lowest BCUT2D eigenvalue weighted by Crippen LogP contribution is -2.52. The number of hydrogen-bond acceptors (Lipinski definition) is 11. The molecule has 0 bridgehead atoms. The molecule has 2 heterocycles. The van der Waals surface area contributed by atoms with Gasteiger partial charge in [-0.2, -0.15) is 8.42 Å². The fourth-order valence-electron chi connectivity index (χ4n) is 3.84. The molecule has 1 fully saturated rings. The molecule has 5 atom stereocenters. The van der Waals surface area contributed by atoms with Crippen molar-refractivity contribution in [1.29, 1.82) is 0 Å². The van der Waals surface area contributed by atoms with Crippen LogP contribution in [0.2, 0.25) is 0 Å². The maximum atomic E-state index is 12.0. The largest absolute Gasteiger partial charge is 0.396 e. The summed E-state index contributed by atoms with van der Waals surface area (Å²) in [6.45, 7) is 3.98. The minimum Gasteiger partial charge on any atom is -0.396 e. The van der Waals surface area contributed by atoms with E-state index >= 15 is 0 Å². The molecule has 6 N–H and O–H groups in total. The Morgan fingerprint density at radius 3 is 2.74 bits per heavy atom. The summed E-state index contributed by atoms with van der Waals surface area (Å²) in [5.74, 6) is -1.12. The molecule has 1 aliphatic heterocycles. The van der Waals surface area contributed by atoms with Gasteiger partial charge in [0.15, 0.2) is 0 Å². The second-order valence-electron chi connectivity index (χ2n) is 9.35. The normalized spacial score (nSPS) is 24.0. The first-order valence-electron chi connectivity index (χ1n) is 12.0. The molecule has 1 aromatic rings. The van der Waals surface area contributed by atoms with Crippen molar-refractivity contribution < 1.29 is 37.5 Å². The number of aromatic nitrogens is 3. The molecular weight excluding hydrogens is 482 g/mol. The summed E-state index contributed by atoms with van der Waals surface area (Å²) in [6, 6.07) is -0.997. The number of aliphatic hydroxyl groups is 3. The van der Waals surface area contributed by atoms with Crippen LogP contribution in [-0.4, -0.2) is 88.8 Å². The van der Waals surface area contributed by atoms with Crippen LogP contribution < -0.4 is 10.5 Å². The third-order valence-electron chi connectivity index (χ3n) is 5.80. The third kappa shape index (κ3) is 10.1. The van der Waals surface area contributed by atoms with Crippen molar-refractivity contribution >= 4 is 16.2 Å². The third-order valence-corrected chi connectivity index (χ3v) is 6.70. The highest BCUT2D eigenvalue weighted by Crippen LogP contribution is 2.25. The van der Waals surface area contributed by atoms with Gasteiger partial charge < -0.3 is 25.8 Å².